The van der Waals surface area contributed by atoms with Crippen LogP contribution in [0, 0.1) is 5.41 Å². The summed E-state index contributed by atoms with van der Waals surface area (Å²) in [4.78, 5) is 36.3. The number of carbonyl (C=O) groups excluding carboxylic acids is 2. The van der Waals surface area contributed by atoms with Crippen LogP contribution in [0.5, 0.6) is 0 Å². The smallest absolute Gasteiger partial charge is 0.407 e. The first-order valence-corrected chi connectivity index (χ1v) is 9.70. The van der Waals surface area contributed by atoms with Gasteiger partial charge in [-0.3, -0.25) is 4.79 Å². The van der Waals surface area contributed by atoms with E-state index in [2.05, 4.69) is 22.7 Å². The summed E-state index contributed by atoms with van der Waals surface area (Å²) in [7, 11) is 1.48. The highest BCUT2D eigenvalue weighted by atomic mass is 16.6. The summed E-state index contributed by atoms with van der Waals surface area (Å²) in [5, 5.41) is 18.1. The molecule has 3 N–H and O–H groups in total. The van der Waals surface area contributed by atoms with Crippen LogP contribution in [0.3, 0.4) is 0 Å². The van der Waals surface area contributed by atoms with Gasteiger partial charge in [0.2, 0.25) is 0 Å². The maximum Gasteiger partial charge on any atom is 0.407 e. The minimum Gasteiger partial charge on any atom is -0.465 e. The summed E-state index contributed by atoms with van der Waals surface area (Å²) in [5.41, 5.74) is -0.451. The second-order valence-electron chi connectivity index (χ2n) is 8.14. The summed E-state index contributed by atoms with van der Waals surface area (Å²) in [6, 6.07) is 1.42. The molecular formula is C19H30N4O6. The number of nitrogens with zero attached hydrogens (tertiary/aromatic N) is 2. The van der Waals surface area contributed by atoms with Gasteiger partial charge < -0.3 is 29.9 Å². The first kappa shape index (κ1) is 22.5. The Labute approximate surface area is 169 Å². The molecule has 10 heteroatoms. The quantitative estimate of drug-likeness (QED) is 0.629. The Kier molecular flexibility index (Phi) is 7.10. The molecule has 1 aliphatic rings. The fraction of sp³-hybridized carbons (Fsp3) is 0.684. The molecule has 0 bridgehead atoms. The third-order valence-corrected chi connectivity index (χ3v) is 5.47. The van der Waals surface area contributed by atoms with Crippen molar-refractivity contribution in [2.24, 2.45) is 5.41 Å². The van der Waals surface area contributed by atoms with Gasteiger partial charge in [0.1, 0.15) is 0 Å². The van der Waals surface area contributed by atoms with Crippen LogP contribution in [0.25, 0.3) is 0 Å². The molecule has 1 saturated heterocycles. The lowest BCUT2D eigenvalue weighted by Gasteiger charge is -2.44. The molecule has 0 spiro atoms. The lowest BCUT2D eigenvalue weighted by Crippen LogP contribution is -2.50. The molecular weight excluding hydrogens is 380 g/mol. The van der Waals surface area contributed by atoms with Crippen molar-refractivity contribution in [2.45, 2.75) is 58.6 Å². The molecule has 29 heavy (non-hydrogen) atoms. The summed E-state index contributed by atoms with van der Waals surface area (Å²) in [6.45, 7) is 6.81. The fourth-order valence-corrected chi connectivity index (χ4v) is 3.87. The van der Waals surface area contributed by atoms with Gasteiger partial charge in [0.05, 0.1) is 0 Å². The minimum absolute atomic E-state index is 0.0317. The predicted molar refractivity (Wildman–Crippen MR) is 103 cm³/mol. The second-order valence-corrected chi connectivity index (χ2v) is 8.14. The molecule has 10 nitrogen and oxygen atoms in total. The van der Waals surface area contributed by atoms with Crippen LogP contribution in [-0.4, -0.2) is 58.9 Å². The number of likely N-dealkylation sites (tertiary alicyclic amines) is 1. The van der Waals surface area contributed by atoms with Crippen molar-refractivity contribution in [1.29, 1.82) is 0 Å². The highest BCUT2D eigenvalue weighted by molar-refractivity contribution is 5.91. The Morgan fingerprint density at radius 2 is 2.00 bits per heavy atom. The van der Waals surface area contributed by atoms with Crippen molar-refractivity contribution < 1.29 is 28.8 Å². The van der Waals surface area contributed by atoms with Crippen molar-refractivity contribution in [1.82, 2.24) is 20.7 Å². The largest absolute Gasteiger partial charge is 0.465 e. The number of aromatic nitrogens is 1. The standard InChI is InChI=1S/C19H30N4O6/c1-5-19(6-8-23(9-7-19)17(26)27)12-18(2,3)21-16(25)28-11-13-10-14(22-29-13)15(24)20-4/h10H,5-9,11-12H2,1-4H3,(H,20,24)(H,21,25)(H,26,27). The van der Waals surface area contributed by atoms with Crippen molar-refractivity contribution in [3.63, 3.8) is 0 Å². The van der Waals surface area contributed by atoms with Gasteiger partial charge in [0.15, 0.2) is 18.1 Å². The Balaban J connectivity index is 1.87. The van der Waals surface area contributed by atoms with E-state index in [1.54, 1.807) is 0 Å². The van der Waals surface area contributed by atoms with Gasteiger partial charge in [-0.2, -0.15) is 0 Å². The number of piperidine rings is 1. The number of rotatable bonds is 7. The summed E-state index contributed by atoms with van der Waals surface area (Å²) >= 11 is 0. The number of carboxylic acid groups (broad SMARTS) is 1. The highest BCUT2D eigenvalue weighted by Gasteiger charge is 2.39. The van der Waals surface area contributed by atoms with Crippen molar-refractivity contribution in [2.75, 3.05) is 20.1 Å². The maximum atomic E-state index is 12.2. The zero-order valence-electron chi connectivity index (χ0n) is 17.4. The zero-order valence-corrected chi connectivity index (χ0v) is 17.4. The maximum absolute atomic E-state index is 12.2. The normalized spacial score (nSPS) is 16.2. The number of nitrogens with one attached hydrogen (secondary N) is 2. The average molecular weight is 410 g/mol. The van der Waals surface area contributed by atoms with Crippen molar-refractivity contribution in [3.8, 4) is 0 Å². The number of ether oxygens (including phenoxy) is 1. The Bertz CT molecular complexity index is 737. The van der Waals surface area contributed by atoms with E-state index in [4.69, 9.17) is 14.4 Å². The van der Waals surface area contributed by atoms with Crippen LogP contribution in [0.2, 0.25) is 0 Å². The molecule has 0 aliphatic carbocycles. The van der Waals surface area contributed by atoms with Crippen molar-refractivity contribution in [3.05, 3.63) is 17.5 Å². The number of alkyl carbamates (subject to hydrolysis) is 1. The Morgan fingerprint density at radius 1 is 1.34 bits per heavy atom. The van der Waals surface area contributed by atoms with E-state index in [9.17, 15) is 14.4 Å². The Hall–Kier alpha value is -2.78. The van der Waals surface area contributed by atoms with Crippen LogP contribution in [0.1, 0.15) is 62.7 Å². The lowest BCUT2D eigenvalue weighted by molar-refractivity contribution is 0.0599. The van der Waals surface area contributed by atoms with E-state index in [1.807, 2.05) is 13.8 Å². The Morgan fingerprint density at radius 3 is 2.55 bits per heavy atom. The molecule has 1 fully saturated rings. The van der Waals surface area contributed by atoms with E-state index >= 15 is 0 Å². The molecule has 0 atom stereocenters. The van der Waals surface area contributed by atoms with Gasteiger partial charge in [-0.1, -0.05) is 18.5 Å². The molecule has 2 rings (SSSR count). The SMILES string of the molecule is CCC1(CC(C)(C)NC(=O)OCc2cc(C(=O)NC)no2)CCN(C(=O)O)CC1. The van der Waals surface area contributed by atoms with Gasteiger partial charge in [-0.15, -0.1) is 0 Å². The molecule has 0 saturated carbocycles. The molecule has 3 amide bonds. The van der Waals surface area contributed by atoms with Gasteiger partial charge in [0, 0.05) is 31.7 Å². The number of hydrogen-bond donors (Lipinski definition) is 3. The van der Waals surface area contributed by atoms with Crippen LogP contribution >= 0.6 is 0 Å². The van der Waals surface area contributed by atoms with E-state index in [1.165, 1.54) is 18.0 Å². The van der Waals surface area contributed by atoms with E-state index in [-0.39, 0.29) is 29.4 Å². The van der Waals surface area contributed by atoms with Gasteiger partial charge in [-0.05, 0) is 38.5 Å². The third kappa shape index (κ3) is 6.10. The fourth-order valence-electron chi connectivity index (χ4n) is 3.87. The van der Waals surface area contributed by atoms with Crippen LogP contribution in [0.15, 0.2) is 10.6 Å². The molecule has 1 aliphatic heterocycles. The van der Waals surface area contributed by atoms with Gasteiger partial charge in [0.25, 0.3) is 5.91 Å². The molecule has 162 valence electrons. The van der Waals surface area contributed by atoms with Crippen LogP contribution < -0.4 is 10.6 Å². The summed E-state index contributed by atoms with van der Waals surface area (Å²) < 4.78 is 10.2. The topological polar surface area (TPSA) is 134 Å². The zero-order chi connectivity index (χ0) is 21.7. The highest BCUT2D eigenvalue weighted by Crippen LogP contribution is 2.41. The monoisotopic (exact) mass is 410 g/mol. The van der Waals surface area contributed by atoms with E-state index < -0.39 is 17.7 Å². The molecule has 0 radical (unpaired) electrons. The predicted octanol–water partition coefficient (Wildman–Crippen LogP) is 2.60. The van der Waals surface area contributed by atoms with Crippen LogP contribution in [-0.2, 0) is 11.3 Å². The molecule has 0 unspecified atom stereocenters. The average Bonchev–Trinajstić information content (AvgIpc) is 3.14. The van der Waals surface area contributed by atoms with Crippen molar-refractivity contribution >= 4 is 18.1 Å². The number of hydrogen-bond acceptors (Lipinski definition) is 6. The molecule has 1 aromatic heterocycles. The summed E-state index contributed by atoms with van der Waals surface area (Å²) in [6.07, 6.45) is 1.65. The second kappa shape index (κ2) is 9.15. The molecule has 1 aromatic rings. The first-order chi connectivity index (χ1) is 13.6. The van der Waals surface area contributed by atoms with Gasteiger partial charge in [-0.25, -0.2) is 9.59 Å². The minimum atomic E-state index is -0.886. The van der Waals surface area contributed by atoms with E-state index in [0.717, 1.165) is 19.3 Å². The third-order valence-electron chi connectivity index (χ3n) is 5.47. The molecule has 0 aromatic carbocycles. The lowest BCUT2D eigenvalue weighted by atomic mass is 9.69. The number of amides is 3. The van der Waals surface area contributed by atoms with Crippen LogP contribution in [0.4, 0.5) is 9.59 Å². The number of carbonyl (C=O) groups is 3. The summed E-state index contributed by atoms with van der Waals surface area (Å²) in [5.74, 6) is -0.118. The first-order valence-electron chi connectivity index (χ1n) is 9.70. The van der Waals surface area contributed by atoms with E-state index in [0.29, 0.717) is 19.5 Å². The molecule has 2 heterocycles. The van der Waals surface area contributed by atoms with Gasteiger partial charge >= 0.3 is 12.2 Å².